The van der Waals surface area contributed by atoms with Crippen LogP contribution in [0.15, 0.2) is 18.2 Å². The molecule has 112 valence electrons. The molecule has 0 radical (unpaired) electrons. The lowest BCUT2D eigenvalue weighted by Crippen LogP contribution is -2.25. The summed E-state index contributed by atoms with van der Waals surface area (Å²) in [7, 11) is 0. The Morgan fingerprint density at radius 1 is 1.30 bits per heavy atom. The number of hydrogen-bond donors (Lipinski definition) is 3. The summed E-state index contributed by atoms with van der Waals surface area (Å²) >= 11 is 0. The van der Waals surface area contributed by atoms with E-state index in [-0.39, 0.29) is 11.8 Å². The van der Waals surface area contributed by atoms with E-state index in [2.05, 4.69) is 5.32 Å². The molecule has 0 heterocycles. The predicted octanol–water partition coefficient (Wildman–Crippen LogP) is 3.25. The first-order chi connectivity index (χ1) is 9.36. The molecule has 0 aromatic heterocycles. The summed E-state index contributed by atoms with van der Waals surface area (Å²) in [6.07, 6.45) is -1.26. The van der Waals surface area contributed by atoms with E-state index in [1.165, 1.54) is 6.07 Å². The zero-order chi connectivity index (χ0) is 14.8. The van der Waals surface area contributed by atoms with Gasteiger partial charge in [-0.25, -0.2) is 0 Å². The molecule has 0 saturated heterocycles. The molecular weight excluding hydrogens is 269 g/mol. The van der Waals surface area contributed by atoms with Gasteiger partial charge >= 0.3 is 6.18 Å². The van der Waals surface area contributed by atoms with Gasteiger partial charge in [0, 0.05) is 17.9 Å². The molecule has 1 aromatic carbocycles. The summed E-state index contributed by atoms with van der Waals surface area (Å²) in [6, 6.07) is 3.85. The Hall–Kier alpha value is -1.43. The number of alkyl halides is 3. The minimum Gasteiger partial charge on any atom is -0.398 e. The summed E-state index contributed by atoms with van der Waals surface area (Å²) in [4.78, 5) is 0. The number of aliphatic hydroxyl groups excluding tert-OH is 1. The van der Waals surface area contributed by atoms with Crippen LogP contribution >= 0.6 is 0 Å². The number of rotatable bonds is 3. The third-order valence-corrected chi connectivity index (χ3v) is 3.71. The molecule has 4 N–H and O–H groups in total. The van der Waals surface area contributed by atoms with E-state index in [1.807, 2.05) is 0 Å². The number of hydrogen-bond acceptors (Lipinski definition) is 3. The van der Waals surface area contributed by atoms with Crippen molar-refractivity contribution in [1.29, 1.82) is 0 Å². The fourth-order valence-electron chi connectivity index (χ4n) is 2.62. The number of nitrogens with one attached hydrogen (secondary N) is 1. The summed E-state index contributed by atoms with van der Waals surface area (Å²) in [5, 5.41) is 12.6. The second-order valence-electron chi connectivity index (χ2n) is 5.37. The van der Waals surface area contributed by atoms with Crippen molar-refractivity contribution in [3.63, 3.8) is 0 Å². The van der Waals surface area contributed by atoms with Gasteiger partial charge in [-0.3, -0.25) is 0 Å². The Morgan fingerprint density at radius 2 is 2.05 bits per heavy atom. The Bertz CT molecular complexity index is 462. The van der Waals surface area contributed by atoms with Gasteiger partial charge in [0.2, 0.25) is 0 Å². The molecule has 2 rings (SSSR count). The van der Waals surface area contributed by atoms with Gasteiger partial charge in [0.05, 0.1) is 11.7 Å². The van der Waals surface area contributed by atoms with Crippen LogP contribution in [-0.2, 0) is 6.18 Å². The minimum atomic E-state index is -4.44. The first-order valence-electron chi connectivity index (χ1n) is 6.75. The molecule has 1 fully saturated rings. The van der Waals surface area contributed by atoms with Crippen molar-refractivity contribution in [3.05, 3.63) is 23.8 Å². The molecule has 0 aliphatic heterocycles. The molecule has 2 atom stereocenters. The number of aliphatic hydroxyl groups is 1. The van der Waals surface area contributed by atoms with Crippen LogP contribution in [-0.4, -0.2) is 17.8 Å². The maximum Gasteiger partial charge on any atom is 0.418 e. The summed E-state index contributed by atoms with van der Waals surface area (Å²) in [5.41, 5.74) is 4.68. The van der Waals surface area contributed by atoms with Crippen LogP contribution in [0.1, 0.15) is 31.2 Å². The van der Waals surface area contributed by atoms with Crippen LogP contribution in [0, 0.1) is 5.92 Å². The maximum atomic E-state index is 12.7. The van der Waals surface area contributed by atoms with Gasteiger partial charge in [-0.15, -0.1) is 0 Å². The second kappa shape index (κ2) is 5.91. The van der Waals surface area contributed by atoms with Crippen LogP contribution in [0.2, 0.25) is 0 Å². The molecule has 1 aliphatic rings. The van der Waals surface area contributed by atoms with Gasteiger partial charge in [0.25, 0.3) is 0 Å². The molecule has 1 saturated carbocycles. The number of nitrogens with two attached hydrogens (primary N) is 1. The SMILES string of the molecule is Nc1ccc(NCC2CCCC(O)C2)cc1C(F)(F)F. The standard InChI is InChI=1S/C14H19F3N2O/c15-14(16,17)12-7-10(4-5-13(12)18)19-8-9-2-1-3-11(20)6-9/h4-5,7,9,11,19-20H,1-3,6,8,18H2. The molecular formula is C14H19F3N2O. The summed E-state index contributed by atoms with van der Waals surface area (Å²) in [6.45, 7) is 0.568. The van der Waals surface area contributed by atoms with Crippen LogP contribution < -0.4 is 11.1 Å². The highest BCUT2D eigenvalue weighted by atomic mass is 19.4. The molecule has 0 bridgehead atoms. The van der Waals surface area contributed by atoms with Gasteiger partial charge in [-0.2, -0.15) is 13.2 Å². The van der Waals surface area contributed by atoms with Crippen LogP contribution in [0.25, 0.3) is 0 Å². The smallest absolute Gasteiger partial charge is 0.398 e. The van der Waals surface area contributed by atoms with Crippen molar-refractivity contribution in [2.75, 3.05) is 17.6 Å². The normalized spacial score (nSPS) is 23.6. The van der Waals surface area contributed by atoms with Crippen LogP contribution in [0.4, 0.5) is 24.5 Å². The lowest BCUT2D eigenvalue weighted by atomic mass is 9.87. The van der Waals surface area contributed by atoms with Gasteiger partial charge in [-0.1, -0.05) is 6.42 Å². The first kappa shape index (κ1) is 15.0. The van der Waals surface area contributed by atoms with E-state index in [0.717, 1.165) is 25.3 Å². The van der Waals surface area contributed by atoms with Crippen molar-refractivity contribution in [2.45, 2.75) is 38.0 Å². The number of anilines is 2. The Morgan fingerprint density at radius 3 is 2.70 bits per heavy atom. The molecule has 1 aliphatic carbocycles. The van der Waals surface area contributed by atoms with Crippen molar-refractivity contribution in [2.24, 2.45) is 5.92 Å². The van der Waals surface area contributed by atoms with E-state index in [9.17, 15) is 18.3 Å². The van der Waals surface area contributed by atoms with Crippen molar-refractivity contribution in [3.8, 4) is 0 Å². The highest BCUT2D eigenvalue weighted by molar-refractivity contribution is 5.58. The van der Waals surface area contributed by atoms with E-state index < -0.39 is 11.7 Å². The second-order valence-corrected chi connectivity index (χ2v) is 5.37. The predicted molar refractivity (Wildman–Crippen MR) is 72.3 cm³/mol. The average molecular weight is 288 g/mol. The highest BCUT2D eigenvalue weighted by Crippen LogP contribution is 2.35. The first-order valence-corrected chi connectivity index (χ1v) is 6.75. The third kappa shape index (κ3) is 3.79. The van der Waals surface area contributed by atoms with E-state index in [0.29, 0.717) is 24.6 Å². The van der Waals surface area contributed by atoms with Crippen LogP contribution in [0.5, 0.6) is 0 Å². The number of halogens is 3. The Balaban J connectivity index is 1.99. The molecule has 0 amide bonds. The number of benzene rings is 1. The molecule has 0 spiro atoms. The molecule has 1 aromatic rings. The van der Waals surface area contributed by atoms with Crippen molar-refractivity contribution < 1.29 is 18.3 Å². The quantitative estimate of drug-likeness (QED) is 0.748. The minimum absolute atomic E-state index is 0.267. The van der Waals surface area contributed by atoms with Gasteiger partial charge < -0.3 is 16.2 Å². The monoisotopic (exact) mass is 288 g/mol. The summed E-state index contributed by atoms with van der Waals surface area (Å²) in [5.74, 6) is 0.297. The van der Waals surface area contributed by atoms with Crippen molar-refractivity contribution in [1.82, 2.24) is 0 Å². The van der Waals surface area contributed by atoms with Gasteiger partial charge in [0.1, 0.15) is 0 Å². The molecule has 6 heteroatoms. The Labute approximate surface area is 116 Å². The van der Waals surface area contributed by atoms with Crippen molar-refractivity contribution >= 4 is 11.4 Å². The van der Waals surface area contributed by atoms with E-state index >= 15 is 0 Å². The fraction of sp³-hybridized carbons (Fsp3) is 0.571. The highest BCUT2D eigenvalue weighted by Gasteiger charge is 2.33. The number of nitrogen functional groups attached to an aromatic ring is 1. The zero-order valence-electron chi connectivity index (χ0n) is 11.1. The lowest BCUT2D eigenvalue weighted by Gasteiger charge is -2.26. The summed E-state index contributed by atoms with van der Waals surface area (Å²) < 4.78 is 38.2. The molecule has 3 nitrogen and oxygen atoms in total. The zero-order valence-corrected chi connectivity index (χ0v) is 11.1. The topological polar surface area (TPSA) is 58.3 Å². The molecule has 2 unspecified atom stereocenters. The third-order valence-electron chi connectivity index (χ3n) is 3.71. The fourth-order valence-corrected chi connectivity index (χ4v) is 2.62. The largest absolute Gasteiger partial charge is 0.418 e. The van der Waals surface area contributed by atoms with Crippen LogP contribution in [0.3, 0.4) is 0 Å². The van der Waals surface area contributed by atoms with E-state index in [1.54, 1.807) is 6.07 Å². The molecule has 20 heavy (non-hydrogen) atoms. The average Bonchev–Trinajstić information content (AvgIpc) is 2.36. The maximum absolute atomic E-state index is 12.7. The lowest BCUT2D eigenvalue weighted by molar-refractivity contribution is -0.136. The Kier molecular flexibility index (Phi) is 4.42. The van der Waals surface area contributed by atoms with E-state index in [4.69, 9.17) is 5.73 Å². The van der Waals surface area contributed by atoms with Gasteiger partial charge in [-0.05, 0) is 43.4 Å². The van der Waals surface area contributed by atoms with Gasteiger partial charge in [0.15, 0.2) is 0 Å².